The molecule has 5 heteroatoms. The number of thioether (sulfide) groups is 1. The fourth-order valence-corrected chi connectivity index (χ4v) is 4.24. The number of nitrogens with zero attached hydrogens (tertiary/aromatic N) is 1. The second-order valence-electron chi connectivity index (χ2n) is 6.63. The van der Waals surface area contributed by atoms with E-state index in [4.69, 9.17) is 4.74 Å². The van der Waals surface area contributed by atoms with Crippen LogP contribution >= 0.6 is 11.8 Å². The van der Waals surface area contributed by atoms with E-state index in [-0.39, 0.29) is 11.8 Å². The van der Waals surface area contributed by atoms with Crippen molar-refractivity contribution in [3.8, 4) is 5.75 Å². The quantitative estimate of drug-likeness (QED) is 0.560. The third kappa shape index (κ3) is 3.69. The number of rotatable bonds is 5. The van der Waals surface area contributed by atoms with Crippen LogP contribution in [-0.4, -0.2) is 18.9 Å². The molecule has 0 fully saturated rings. The van der Waals surface area contributed by atoms with Gasteiger partial charge in [0.25, 0.3) is 11.8 Å². The summed E-state index contributed by atoms with van der Waals surface area (Å²) in [6.07, 6.45) is 0. The van der Waals surface area contributed by atoms with Crippen molar-refractivity contribution >= 4 is 34.8 Å². The van der Waals surface area contributed by atoms with Gasteiger partial charge in [-0.2, -0.15) is 0 Å². The molecule has 0 saturated carbocycles. The molecule has 144 valence electrons. The molecule has 0 N–H and O–H groups in total. The highest BCUT2D eigenvalue weighted by molar-refractivity contribution is 8.04. The van der Waals surface area contributed by atoms with Crippen LogP contribution in [0.5, 0.6) is 5.75 Å². The summed E-state index contributed by atoms with van der Waals surface area (Å²) in [6.45, 7) is 1.94. The second-order valence-corrected chi connectivity index (χ2v) is 7.72. The van der Waals surface area contributed by atoms with Gasteiger partial charge in [-0.3, -0.25) is 9.59 Å². The molecule has 4 nitrogen and oxygen atoms in total. The van der Waals surface area contributed by atoms with Crippen molar-refractivity contribution in [1.82, 2.24) is 0 Å². The normalized spacial score (nSPS) is 13.9. The summed E-state index contributed by atoms with van der Waals surface area (Å²) in [4.78, 5) is 29.3. The van der Waals surface area contributed by atoms with E-state index in [1.54, 1.807) is 25.3 Å². The highest BCUT2D eigenvalue weighted by Crippen LogP contribution is 2.41. The maximum absolute atomic E-state index is 13.4. The number of ether oxygens (including phenoxy) is 1. The Morgan fingerprint density at radius 1 is 0.828 bits per heavy atom. The van der Waals surface area contributed by atoms with Crippen molar-refractivity contribution in [2.45, 2.75) is 11.8 Å². The maximum atomic E-state index is 13.4. The SMILES string of the molecule is COc1ccc(C2=C(Sc3ccccc3)C(=O)N(c3cccc(C)c3)C2=O)cc1. The zero-order valence-corrected chi connectivity index (χ0v) is 16.9. The molecule has 4 rings (SSSR count). The molecule has 0 unspecified atom stereocenters. The van der Waals surface area contributed by atoms with Crippen LogP contribution in [0, 0.1) is 6.92 Å². The van der Waals surface area contributed by atoms with Gasteiger partial charge in [0.2, 0.25) is 0 Å². The molecule has 3 aromatic rings. The Morgan fingerprint density at radius 3 is 2.21 bits per heavy atom. The number of hydrogen-bond acceptors (Lipinski definition) is 4. The van der Waals surface area contributed by atoms with Crippen LogP contribution < -0.4 is 9.64 Å². The molecule has 0 spiro atoms. The third-order valence-corrected chi connectivity index (χ3v) is 5.73. The maximum Gasteiger partial charge on any atom is 0.272 e. The summed E-state index contributed by atoms with van der Waals surface area (Å²) >= 11 is 1.31. The molecular weight excluding hydrogens is 382 g/mol. The molecule has 0 radical (unpaired) electrons. The van der Waals surface area contributed by atoms with E-state index < -0.39 is 0 Å². The Morgan fingerprint density at radius 2 is 1.55 bits per heavy atom. The van der Waals surface area contributed by atoms with Gasteiger partial charge in [0, 0.05) is 4.90 Å². The van der Waals surface area contributed by atoms with E-state index >= 15 is 0 Å². The van der Waals surface area contributed by atoms with Gasteiger partial charge in [0.1, 0.15) is 5.75 Å². The van der Waals surface area contributed by atoms with E-state index in [9.17, 15) is 9.59 Å². The number of amides is 2. The van der Waals surface area contributed by atoms with Gasteiger partial charge in [-0.05, 0) is 54.4 Å². The van der Waals surface area contributed by atoms with Gasteiger partial charge >= 0.3 is 0 Å². The Labute approximate surface area is 173 Å². The molecule has 0 aromatic heterocycles. The van der Waals surface area contributed by atoms with Crippen LogP contribution in [0.25, 0.3) is 5.57 Å². The molecule has 1 aliphatic rings. The first-order valence-electron chi connectivity index (χ1n) is 9.15. The molecule has 1 heterocycles. The van der Waals surface area contributed by atoms with Gasteiger partial charge in [-0.25, -0.2) is 4.90 Å². The fraction of sp³-hybridized carbons (Fsp3) is 0.0833. The zero-order valence-electron chi connectivity index (χ0n) is 16.1. The summed E-state index contributed by atoms with van der Waals surface area (Å²) in [5.74, 6) is 0.0726. The number of methoxy groups -OCH3 is 1. The molecule has 0 atom stereocenters. The number of benzene rings is 3. The van der Waals surface area contributed by atoms with E-state index in [0.29, 0.717) is 27.5 Å². The van der Waals surface area contributed by atoms with Gasteiger partial charge in [-0.15, -0.1) is 0 Å². The minimum atomic E-state index is -0.316. The average Bonchev–Trinajstić information content (AvgIpc) is 2.98. The van der Waals surface area contributed by atoms with E-state index in [2.05, 4.69) is 0 Å². The van der Waals surface area contributed by atoms with Crippen LogP contribution in [-0.2, 0) is 9.59 Å². The summed E-state index contributed by atoms with van der Waals surface area (Å²) in [5, 5.41) is 0. The van der Waals surface area contributed by atoms with Crippen LogP contribution in [0.4, 0.5) is 5.69 Å². The number of imide groups is 1. The first-order valence-corrected chi connectivity index (χ1v) is 9.97. The molecule has 1 aliphatic heterocycles. The fourth-order valence-electron chi connectivity index (χ4n) is 3.22. The van der Waals surface area contributed by atoms with Crippen LogP contribution in [0.2, 0.25) is 0 Å². The number of aryl methyl sites for hydroxylation is 1. The van der Waals surface area contributed by atoms with Gasteiger partial charge in [0.05, 0.1) is 23.3 Å². The first kappa shape index (κ1) is 19.0. The highest BCUT2D eigenvalue weighted by Gasteiger charge is 2.40. The standard InChI is InChI=1S/C24H19NO3S/c1-16-7-6-8-18(15-16)25-23(26)21(17-11-13-19(28-2)14-12-17)22(24(25)27)29-20-9-4-3-5-10-20/h3-15H,1-2H3. The monoisotopic (exact) mass is 401 g/mol. The van der Waals surface area contributed by atoms with Crippen molar-refractivity contribution in [2.75, 3.05) is 12.0 Å². The second kappa shape index (κ2) is 7.97. The van der Waals surface area contributed by atoms with Crippen molar-refractivity contribution < 1.29 is 14.3 Å². The molecule has 3 aromatic carbocycles. The summed E-state index contributed by atoms with van der Waals surface area (Å²) in [7, 11) is 1.59. The lowest BCUT2D eigenvalue weighted by Gasteiger charge is -2.15. The Kier molecular flexibility index (Phi) is 5.23. The van der Waals surface area contributed by atoms with Crippen molar-refractivity contribution in [3.63, 3.8) is 0 Å². The number of hydrogen-bond donors (Lipinski definition) is 0. The van der Waals surface area contributed by atoms with Crippen LogP contribution in [0.3, 0.4) is 0 Å². The molecule has 0 aliphatic carbocycles. The minimum Gasteiger partial charge on any atom is -0.497 e. The topological polar surface area (TPSA) is 46.6 Å². The third-order valence-electron chi connectivity index (χ3n) is 4.64. The number of carbonyl (C=O) groups excluding carboxylic acids is 2. The van der Waals surface area contributed by atoms with Crippen LogP contribution in [0.1, 0.15) is 11.1 Å². The summed E-state index contributed by atoms with van der Waals surface area (Å²) in [6, 6.07) is 24.2. The van der Waals surface area contributed by atoms with Gasteiger partial charge in [0.15, 0.2) is 0 Å². The van der Waals surface area contributed by atoms with Crippen molar-refractivity contribution in [1.29, 1.82) is 0 Å². The molecular formula is C24H19NO3S. The van der Waals surface area contributed by atoms with E-state index in [0.717, 1.165) is 10.5 Å². The van der Waals surface area contributed by atoms with Gasteiger partial charge < -0.3 is 4.74 Å². The van der Waals surface area contributed by atoms with E-state index in [1.807, 2.05) is 67.6 Å². The average molecular weight is 401 g/mol. The molecule has 29 heavy (non-hydrogen) atoms. The number of anilines is 1. The largest absolute Gasteiger partial charge is 0.497 e. The van der Waals surface area contributed by atoms with Crippen molar-refractivity contribution in [3.05, 3.63) is 94.9 Å². The predicted octanol–water partition coefficient (Wildman–Crippen LogP) is 5.08. The molecule has 2 amide bonds. The zero-order chi connectivity index (χ0) is 20.4. The number of carbonyl (C=O) groups is 2. The molecule has 0 bridgehead atoms. The van der Waals surface area contributed by atoms with Crippen LogP contribution in [0.15, 0.2) is 88.7 Å². The smallest absolute Gasteiger partial charge is 0.272 e. The van der Waals surface area contributed by atoms with E-state index in [1.165, 1.54) is 16.7 Å². The molecule has 0 saturated heterocycles. The summed E-state index contributed by atoms with van der Waals surface area (Å²) < 4.78 is 5.22. The Bertz CT molecular complexity index is 1100. The first-order chi connectivity index (χ1) is 14.1. The lowest BCUT2D eigenvalue weighted by Crippen LogP contribution is -2.31. The minimum absolute atomic E-state index is 0.305. The van der Waals surface area contributed by atoms with Gasteiger partial charge in [-0.1, -0.05) is 54.2 Å². The van der Waals surface area contributed by atoms with Crippen molar-refractivity contribution in [2.24, 2.45) is 0 Å². The summed E-state index contributed by atoms with van der Waals surface area (Å²) in [5.41, 5.74) is 2.67. The lowest BCUT2D eigenvalue weighted by atomic mass is 10.1. The predicted molar refractivity (Wildman–Crippen MR) is 116 cm³/mol. The lowest BCUT2D eigenvalue weighted by molar-refractivity contribution is -0.119. The highest BCUT2D eigenvalue weighted by atomic mass is 32.2. The Hall–Kier alpha value is -3.31. The Balaban J connectivity index is 1.82.